The third-order valence-electron chi connectivity index (χ3n) is 3.99. The summed E-state index contributed by atoms with van der Waals surface area (Å²) in [6.07, 6.45) is 8.74. The Morgan fingerprint density at radius 1 is 0.864 bits per heavy atom. The molecule has 0 amide bonds. The van der Waals surface area contributed by atoms with Crippen molar-refractivity contribution in [3.8, 4) is 0 Å². The van der Waals surface area contributed by atoms with Crippen LogP contribution in [0.3, 0.4) is 0 Å². The highest BCUT2D eigenvalue weighted by Gasteiger charge is 2.09. The SMILES string of the molecule is CCCCCCCCc1ccc2cc(S(=O)(=O)O)ccc2c1. The highest BCUT2D eigenvalue weighted by molar-refractivity contribution is 7.85. The van der Waals surface area contributed by atoms with Gasteiger partial charge in [-0.05, 0) is 41.3 Å². The zero-order valence-corrected chi connectivity index (χ0v) is 13.9. The molecule has 0 unspecified atom stereocenters. The molecule has 0 saturated heterocycles. The van der Waals surface area contributed by atoms with Gasteiger partial charge in [0.15, 0.2) is 0 Å². The van der Waals surface area contributed by atoms with Crippen LogP contribution in [-0.4, -0.2) is 13.0 Å². The molecule has 0 saturated carbocycles. The van der Waals surface area contributed by atoms with Crippen LogP contribution in [0.4, 0.5) is 0 Å². The second-order valence-corrected chi connectivity index (χ2v) is 7.26. The minimum Gasteiger partial charge on any atom is -0.282 e. The Hall–Kier alpha value is -1.39. The van der Waals surface area contributed by atoms with Crippen molar-refractivity contribution in [1.29, 1.82) is 0 Å². The number of benzene rings is 2. The van der Waals surface area contributed by atoms with Gasteiger partial charge in [0.05, 0.1) is 4.90 Å². The van der Waals surface area contributed by atoms with Crippen molar-refractivity contribution in [3.05, 3.63) is 42.0 Å². The summed E-state index contributed by atoms with van der Waals surface area (Å²) in [7, 11) is -4.13. The first kappa shape index (κ1) is 17.0. The van der Waals surface area contributed by atoms with Gasteiger partial charge in [-0.15, -0.1) is 0 Å². The topological polar surface area (TPSA) is 54.4 Å². The van der Waals surface area contributed by atoms with Gasteiger partial charge in [0.25, 0.3) is 10.1 Å². The van der Waals surface area contributed by atoms with Gasteiger partial charge in [0.1, 0.15) is 0 Å². The molecule has 1 N–H and O–H groups in total. The summed E-state index contributed by atoms with van der Waals surface area (Å²) in [5.41, 5.74) is 1.28. The average molecular weight is 320 g/mol. The van der Waals surface area contributed by atoms with Gasteiger partial charge in [-0.2, -0.15) is 8.42 Å². The number of unbranched alkanes of at least 4 members (excludes halogenated alkanes) is 5. The van der Waals surface area contributed by atoms with E-state index in [9.17, 15) is 8.42 Å². The summed E-state index contributed by atoms with van der Waals surface area (Å²) in [4.78, 5) is -0.0522. The second-order valence-electron chi connectivity index (χ2n) is 5.84. The molecule has 0 fully saturated rings. The van der Waals surface area contributed by atoms with E-state index in [0.29, 0.717) is 0 Å². The molecule has 0 atom stereocenters. The number of aryl methyl sites for hydroxylation is 1. The fourth-order valence-corrected chi connectivity index (χ4v) is 3.21. The van der Waals surface area contributed by atoms with E-state index in [0.717, 1.165) is 17.2 Å². The van der Waals surface area contributed by atoms with Crippen LogP contribution >= 0.6 is 0 Å². The van der Waals surface area contributed by atoms with Crippen LogP contribution in [0.25, 0.3) is 10.8 Å². The molecule has 2 rings (SSSR count). The van der Waals surface area contributed by atoms with Crippen LogP contribution in [-0.2, 0) is 16.5 Å². The number of fused-ring (bicyclic) bond motifs is 1. The van der Waals surface area contributed by atoms with Crippen LogP contribution in [0.2, 0.25) is 0 Å². The third-order valence-corrected chi connectivity index (χ3v) is 4.84. The molecular formula is C18H24O3S. The summed E-state index contributed by atoms with van der Waals surface area (Å²) in [6, 6.07) is 10.8. The van der Waals surface area contributed by atoms with Crippen molar-refractivity contribution in [2.24, 2.45) is 0 Å². The predicted molar refractivity (Wildman–Crippen MR) is 90.8 cm³/mol. The van der Waals surface area contributed by atoms with E-state index >= 15 is 0 Å². The molecule has 3 nitrogen and oxygen atoms in total. The summed E-state index contributed by atoms with van der Waals surface area (Å²) in [5, 5.41) is 1.85. The Labute approximate surface area is 133 Å². The standard InChI is InChI=1S/C18H24O3S/c1-2-3-4-5-6-7-8-15-9-10-17-14-18(22(19,20)21)12-11-16(17)13-15/h9-14H,2-8H2,1H3,(H,19,20,21). The highest BCUT2D eigenvalue weighted by Crippen LogP contribution is 2.21. The van der Waals surface area contributed by atoms with E-state index in [2.05, 4.69) is 13.0 Å². The summed E-state index contributed by atoms with van der Waals surface area (Å²) >= 11 is 0. The summed E-state index contributed by atoms with van der Waals surface area (Å²) in [6.45, 7) is 2.22. The van der Waals surface area contributed by atoms with Crippen LogP contribution in [0, 0.1) is 0 Å². The van der Waals surface area contributed by atoms with E-state index in [4.69, 9.17) is 4.55 Å². The smallest absolute Gasteiger partial charge is 0.282 e. The predicted octanol–water partition coefficient (Wildman–Crippen LogP) is 4.99. The molecule has 120 valence electrons. The first-order valence-electron chi connectivity index (χ1n) is 8.01. The lowest BCUT2D eigenvalue weighted by molar-refractivity contribution is 0.483. The lowest BCUT2D eigenvalue weighted by Crippen LogP contribution is -1.97. The van der Waals surface area contributed by atoms with Gasteiger partial charge in [-0.3, -0.25) is 4.55 Å². The molecule has 4 heteroatoms. The van der Waals surface area contributed by atoms with Crippen molar-refractivity contribution in [3.63, 3.8) is 0 Å². The third kappa shape index (κ3) is 4.82. The van der Waals surface area contributed by atoms with E-state index in [1.807, 2.05) is 12.1 Å². The molecule has 2 aromatic carbocycles. The summed E-state index contributed by atoms with van der Waals surface area (Å²) < 4.78 is 31.4. The maximum Gasteiger partial charge on any atom is 0.294 e. The zero-order valence-electron chi connectivity index (χ0n) is 13.1. The lowest BCUT2D eigenvalue weighted by Gasteiger charge is -2.05. The highest BCUT2D eigenvalue weighted by atomic mass is 32.2. The van der Waals surface area contributed by atoms with E-state index in [1.165, 1.54) is 56.2 Å². The minimum atomic E-state index is -4.13. The number of hydrogen-bond acceptors (Lipinski definition) is 2. The Kier molecular flexibility index (Phi) is 5.98. The molecule has 0 heterocycles. The number of rotatable bonds is 8. The fraction of sp³-hybridized carbons (Fsp3) is 0.444. The largest absolute Gasteiger partial charge is 0.294 e. The van der Waals surface area contributed by atoms with E-state index in [-0.39, 0.29) is 4.90 Å². The van der Waals surface area contributed by atoms with Crippen molar-refractivity contribution in [2.45, 2.75) is 56.8 Å². The van der Waals surface area contributed by atoms with Crippen LogP contribution in [0.1, 0.15) is 51.0 Å². The van der Waals surface area contributed by atoms with Gasteiger partial charge in [-0.1, -0.05) is 63.3 Å². The molecule has 0 aliphatic heterocycles. The molecule has 0 aliphatic carbocycles. The normalized spacial score (nSPS) is 11.9. The molecule has 2 aromatic rings. The van der Waals surface area contributed by atoms with E-state index < -0.39 is 10.1 Å². The number of hydrogen-bond donors (Lipinski definition) is 1. The van der Waals surface area contributed by atoms with Gasteiger partial charge >= 0.3 is 0 Å². The van der Waals surface area contributed by atoms with Gasteiger partial charge in [0, 0.05) is 0 Å². The first-order valence-corrected chi connectivity index (χ1v) is 9.45. The van der Waals surface area contributed by atoms with Gasteiger partial charge in [0.2, 0.25) is 0 Å². The molecule has 0 radical (unpaired) electrons. The first-order chi connectivity index (χ1) is 10.5. The maximum atomic E-state index is 11.1. The molecule has 0 spiro atoms. The zero-order chi connectivity index (χ0) is 16.0. The Morgan fingerprint density at radius 3 is 2.23 bits per heavy atom. The lowest BCUT2D eigenvalue weighted by atomic mass is 10.0. The average Bonchev–Trinajstić information content (AvgIpc) is 2.49. The molecular weight excluding hydrogens is 296 g/mol. The molecule has 0 bridgehead atoms. The van der Waals surface area contributed by atoms with Crippen LogP contribution < -0.4 is 0 Å². The van der Waals surface area contributed by atoms with Crippen molar-refractivity contribution in [1.82, 2.24) is 0 Å². The molecule has 22 heavy (non-hydrogen) atoms. The Balaban J connectivity index is 1.99. The van der Waals surface area contributed by atoms with Crippen molar-refractivity contribution in [2.75, 3.05) is 0 Å². The van der Waals surface area contributed by atoms with Crippen molar-refractivity contribution < 1.29 is 13.0 Å². The quantitative estimate of drug-likeness (QED) is 0.550. The van der Waals surface area contributed by atoms with Crippen molar-refractivity contribution >= 4 is 20.9 Å². The summed E-state index contributed by atoms with van der Waals surface area (Å²) in [5.74, 6) is 0. The molecule has 0 aliphatic rings. The molecule has 0 aromatic heterocycles. The Morgan fingerprint density at radius 2 is 1.50 bits per heavy atom. The fourth-order valence-electron chi connectivity index (χ4n) is 2.70. The Bertz CT molecular complexity index is 720. The van der Waals surface area contributed by atoms with Gasteiger partial charge in [-0.25, -0.2) is 0 Å². The van der Waals surface area contributed by atoms with E-state index in [1.54, 1.807) is 6.07 Å². The maximum absolute atomic E-state index is 11.1. The second kappa shape index (κ2) is 7.75. The van der Waals surface area contributed by atoms with Crippen LogP contribution in [0.5, 0.6) is 0 Å². The van der Waals surface area contributed by atoms with Crippen LogP contribution in [0.15, 0.2) is 41.3 Å². The van der Waals surface area contributed by atoms with Gasteiger partial charge < -0.3 is 0 Å². The monoisotopic (exact) mass is 320 g/mol. The minimum absolute atomic E-state index is 0.0522.